The van der Waals surface area contributed by atoms with Gasteiger partial charge in [0.15, 0.2) is 5.78 Å². The van der Waals surface area contributed by atoms with Crippen LogP contribution in [0.3, 0.4) is 0 Å². The normalized spacial score (nSPS) is 24.2. The number of hydrogen-bond donors (Lipinski definition) is 1. The first-order valence-electron chi connectivity index (χ1n) is 6.10. The van der Waals surface area contributed by atoms with E-state index in [9.17, 15) is 4.79 Å². The third kappa shape index (κ3) is 2.42. The first-order valence-corrected chi connectivity index (χ1v) is 7.30. The fraction of sp³-hybridized carbons (Fsp3) is 0.615. The molecule has 1 aliphatic rings. The molecule has 2 nitrogen and oxygen atoms in total. The van der Waals surface area contributed by atoms with Crippen molar-refractivity contribution in [1.82, 2.24) is 5.32 Å². The van der Waals surface area contributed by atoms with Gasteiger partial charge < -0.3 is 5.32 Å². The van der Waals surface area contributed by atoms with Gasteiger partial charge in [-0.15, -0.1) is 11.3 Å². The van der Waals surface area contributed by atoms with E-state index in [-0.39, 0.29) is 11.2 Å². The zero-order valence-corrected chi connectivity index (χ0v) is 11.9. The predicted octanol–water partition coefficient (Wildman–Crippen LogP) is 3.67. The van der Waals surface area contributed by atoms with Gasteiger partial charge in [0, 0.05) is 16.8 Å². The lowest BCUT2D eigenvalue weighted by molar-refractivity contribution is 0.0806. The number of carbonyl (C=O) groups excluding carboxylic acids is 1. The van der Waals surface area contributed by atoms with E-state index >= 15 is 0 Å². The highest BCUT2D eigenvalue weighted by atomic mass is 35.5. The van der Waals surface area contributed by atoms with E-state index < -0.39 is 0 Å². The van der Waals surface area contributed by atoms with E-state index in [0.29, 0.717) is 0 Å². The van der Waals surface area contributed by atoms with Crippen molar-refractivity contribution in [1.29, 1.82) is 0 Å². The van der Waals surface area contributed by atoms with Crippen LogP contribution >= 0.6 is 22.9 Å². The van der Waals surface area contributed by atoms with E-state index in [4.69, 9.17) is 11.6 Å². The Morgan fingerprint density at radius 3 is 2.88 bits per heavy atom. The highest BCUT2D eigenvalue weighted by Gasteiger charge is 2.41. The maximum absolute atomic E-state index is 12.6. The van der Waals surface area contributed by atoms with Crippen molar-refractivity contribution in [2.45, 2.75) is 33.1 Å². The number of carbonyl (C=O) groups is 1. The number of thiophene rings is 1. The quantitative estimate of drug-likeness (QED) is 0.847. The van der Waals surface area contributed by atoms with Crippen molar-refractivity contribution < 1.29 is 4.79 Å². The average Bonchev–Trinajstić information content (AvgIpc) is 2.88. The Bertz CT molecular complexity index is 402. The largest absolute Gasteiger partial charge is 0.316 e. The number of ketones is 1. The van der Waals surface area contributed by atoms with Crippen LogP contribution in [0.25, 0.3) is 0 Å². The molecule has 0 amide bonds. The van der Waals surface area contributed by atoms with Crippen molar-refractivity contribution in [3.63, 3.8) is 0 Å². The van der Waals surface area contributed by atoms with Crippen LogP contribution in [-0.2, 0) is 0 Å². The minimum atomic E-state index is -0.185. The van der Waals surface area contributed by atoms with Crippen molar-refractivity contribution in [2.24, 2.45) is 5.41 Å². The van der Waals surface area contributed by atoms with Crippen molar-refractivity contribution in [3.05, 3.63) is 20.8 Å². The molecule has 17 heavy (non-hydrogen) atoms. The topological polar surface area (TPSA) is 29.1 Å². The van der Waals surface area contributed by atoms with Crippen LogP contribution in [0.1, 0.15) is 40.7 Å². The predicted molar refractivity (Wildman–Crippen MR) is 73.2 cm³/mol. The van der Waals surface area contributed by atoms with Gasteiger partial charge in [-0.05, 0) is 32.4 Å². The molecule has 0 aromatic carbocycles. The molecule has 1 aliphatic heterocycles. The summed E-state index contributed by atoms with van der Waals surface area (Å²) in [6, 6.07) is 1.83. The summed E-state index contributed by atoms with van der Waals surface area (Å²) in [5.41, 5.74) is -0.185. The Morgan fingerprint density at radius 1 is 1.65 bits per heavy atom. The third-order valence-electron chi connectivity index (χ3n) is 3.53. The van der Waals surface area contributed by atoms with Crippen LogP contribution in [0, 0.1) is 12.3 Å². The van der Waals surface area contributed by atoms with Crippen LogP contribution in [0.2, 0.25) is 5.02 Å². The molecule has 2 rings (SSSR count). The molecule has 2 heterocycles. The molecule has 1 aromatic rings. The summed E-state index contributed by atoms with van der Waals surface area (Å²) in [5, 5.41) is 4.04. The molecule has 0 radical (unpaired) electrons. The summed E-state index contributed by atoms with van der Waals surface area (Å²) < 4.78 is 0. The van der Waals surface area contributed by atoms with E-state index in [2.05, 4.69) is 12.2 Å². The summed E-state index contributed by atoms with van der Waals surface area (Å²) in [4.78, 5) is 14.5. The number of hydrogen-bond acceptors (Lipinski definition) is 3. The second kappa shape index (κ2) is 5.09. The Labute approximate surface area is 111 Å². The van der Waals surface area contributed by atoms with Crippen LogP contribution < -0.4 is 5.32 Å². The minimum absolute atomic E-state index is 0.185. The number of halogens is 1. The Kier molecular flexibility index (Phi) is 3.91. The lowest BCUT2D eigenvalue weighted by atomic mass is 9.78. The van der Waals surface area contributed by atoms with Crippen molar-refractivity contribution >= 4 is 28.7 Å². The first kappa shape index (κ1) is 13.1. The summed E-state index contributed by atoms with van der Waals surface area (Å²) >= 11 is 7.57. The molecule has 1 fully saturated rings. The summed E-state index contributed by atoms with van der Waals surface area (Å²) in [7, 11) is 0. The van der Waals surface area contributed by atoms with Gasteiger partial charge in [-0.1, -0.05) is 24.9 Å². The van der Waals surface area contributed by atoms with Crippen LogP contribution in [0.4, 0.5) is 0 Å². The van der Waals surface area contributed by atoms with E-state index in [1.807, 2.05) is 13.0 Å². The van der Waals surface area contributed by atoms with E-state index in [1.165, 1.54) is 11.3 Å². The zero-order chi connectivity index (χ0) is 12.5. The van der Waals surface area contributed by atoms with Gasteiger partial charge in [-0.3, -0.25) is 4.79 Å². The van der Waals surface area contributed by atoms with Crippen molar-refractivity contribution in [2.75, 3.05) is 13.1 Å². The van der Waals surface area contributed by atoms with Gasteiger partial charge in [0.2, 0.25) is 0 Å². The SMILES string of the molecule is CCCC1(C(=O)c2cc(Cl)c(C)s2)CCNC1. The summed E-state index contributed by atoms with van der Waals surface area (Å²) in [6.07, 6.45) is 2.97. The fourth-order valence-electron chi connectivity index (χ4n) is 2.58. The molecule has 0 spiro atoms. The lowest BCUT2D eigenvalue weighted by Gasteiger charge is -2.25. The highest BCUT2D eigenvalue weighted by Crippen LogP contribution is 2.38. The molecule has 1 saturated heterocycles. The Hall–Kier alpha value is -0.380. The zero-order valence-electron chi connectivity index (χ0n) is 10.3. The lowest BCUT2D eigenvalue weighted by Crippen LogP contribution is -2.33. The molecule has 0 aliphatic carbocycles. The highest BCUT2D eigenvalue weighted by molar-refractivity contribution is 7.14. The molecule has 1 atom stereocenters. The number of aryl methyl sites for hydroxylation is 1. The molecule has 0 saturated carbocycles. The van der Waals surface area contributed by atoms with Gasteiger partial charge in [-0.25, -0.2) is 0 Å². The first-order chi connectivity index (χ1) is 8.09. The van der Waals surface area contributed by atoms with E-state index in [0.717, 1.165) is 47.1 Å². The molecule has 1 N–H and O–H groups in total. The summed E-state index contributed by atoms with van der Waals surface area (Å²) in [5.74, 6) is 0.282. The molecule has 1 unspecified atom stereocenters. The molecule has 0 bridgehead atoms. The van der Waals surface area contributed by atoms with E-state index in [1.54, 1.807) is 0 Å². The third-order valence-corrected chi connectivity index (χ3v) is 5.09. The minimum Gasteiger partial charge on any atom is -0.316 e. The van der Waals surface area contributed by atoms with Crippen LogP contribution in [0.15, 0.2) is 6.07 Å². The summed E-state index contributed by atoms with van der Waals surface area (Å²) in [6.45, 7) is 5.86. The number of nitrogens with one attached hydrogen (secondary N) is 1. The van der Waals surface area contributed by atoms with Gasteiger partial charge >= 0.3 is 0 Å². The average molecular weight is 272 g/mol. The second-order valence-corrected chi connectivity index (χ2v) is 6.46. The smallest absolute Gasteiger partial charge is 0.180 e. The molecule has 4 heteroatoms. The number of Topliss-reactive ketones (excluding diaryl/α,β-unsaturated/α-hetero) is 1. The second-order valence-electron chi connectivity index (χ2n) is 4.80. The molecule has 1 aromatic heterocycles. The monoisotopic (exact) mass is 271 g/mol. The fourth-order valence-corrected chi connectivity index (χ4v) is 3.84. The molecular formula is C13H18ClNOS. The molecule has 94 valence electrons. The Morgan fingerprint density at radius 2 is 2.41 bits per heavy atom. The van der Waals surface area contributed by atoms with Gasteiger partial charge in [0.25, 0.3) is 0 Å². The van der Waals surface area contributed by atoms with Gasteiger partial charge in [-0.2, -0.15) is 0 Å². The maximum Gasteiger partial charge on any atom is 0.180 e. The molecular weight excluding hydrogens is 254 g/mol. The van der Waals surface area contributed by atoms with Crippen LogP contribution in [0.5, 0.6) is 0 Å². The Balaban J connectivity index is 2.28. The van der Waals surface area contributed by atoms with Crippen molar-refractivity contribution in [3.8, 4) is 0 Å². The van der Waals surface area contributed by atoms with Crippen LogP contribution in [-0.4, -0.2) is 18.9 Å². The van der Waals surface area contributed by atoms with Gasteiger partial charge in [0.1, 0.15) is 0 Å². The van der Waals surface area contributed by atoms with Gasteiger partial charge in [0.05, 0.1) is 9.90 Å². The maximum atomic E-state index is 12.6. The number of rotatable bonds is 4. The standard InChI is InChI=1S/C13H18ClNOS/c1-3-4-13(5-6-15-8-13)12(16)11-7-10(14)9(2)17-11/h7,15H,3-6,8H2,1-2H3.